The molecule has 1 aliphatic rings. The molecular weight excluding hydrogens is 520 g/mol. The average molecular weight is 571 g/mol. The van der Waals surface area contributed by atoms with Gasteiger partial charge in [-0.15, -0.1) is 0 Å². The third-order valence-electron chi connectivity index (χ3n) is 9.05. The molecule has 4 heteroatoms. The van der Waals surface area contributed by atoms with E-state index in [2.05, 4.69) is 74.2 Å². The van der Waals surface area contributed by atoms with Crippen LogP contribution >= 0.6 is 0 Å². The molecule has 0 aromatic heterocycles. The number of rotatable bonds is 15. The number of ether oxygens (including phenoxy) is 2. The minimum atomic E-state index is -0.919. The zero-order valence-corrected chi connectivity index (χ0v) is 25.9. The number of aliphatic hydroxyl groups excluding tert-OH is 1. The Morgan fingerprint density at radius 2 is 1.64 bits per heavy atom. The van der Waals surface area contributed by atoms with Crippen LogP contribution in [0.3, 0.4) is 0 Å². The van der Waals surface area contributed by atoms with Crippen LogP contribution in [0.15, 0.2) is 73.5 Å². The molecule has 1 unspecified atom stereocenters. The van der Waals surface area contributed by atoms with E-state index in [0.29, 0.717) is 18.9 Å². The topological polar surface area (TPSA) is 55.8 Å². The number of benzene rings is 3. The molecule has 4 rings (SSSR count). The van der Waals surface area contributed by atoms with Gasteiger partial charge in [0, 0.05) is 5.92 Å². The van der Waals surface area contributed by atoms with Crippen LogP contribution in [0, 0.1) is 17.3 Å². The predicted octanol–water partition coefficient (Wildman–Crippen LogP) is 9.24. The van der Waals surface area contributed by atoms with Crippen LogP contribution in [0.25, 0.3) is 21.9 Å². The first-order chi connectivity index (χ1) is 20.3. The summed E-state index contributed by atoms with van der Waals surface area (Å²) < 4.78 is 11.0. The van der Waals surface area contributed by atoms with E-state index in [0.717, 1.165) is 11.5 Å². The van der Waals surface area contributed by atoms with Crippen molar-refractivity contribution in [1.29, 1.82) is 0 Å². The number of carbonyl (C=O) groups is 1. The molecule has 0 spiro atoms. The second-order valence-electron chi connectivity index (χ2n) is 12.9. The fourth-order valence-electron chi connectivity index (χ4n) is 6.17. The quantitative estimate of drug-likeness (QED) is 0.112. The Balaban J connectivity index is 1.37. The number of unbranched alkanes of at least 4 members (excludes halogenated alkanes) is 2. The summed E-state index contributed by atoms with van der Waals surface area (Å²) in [6, 6.07) is 22.5. The van der Waals surface area contributed by atoms with Crippen LogP contribution in [-0.2, 0) is 20.7 Å². The Bertz CT molecular complexity index is 1280. The maximum absolute atomic E-state index is 12.4. The van der Waals surface area contributed by atoms with Gasteiger partial charge in [-0.1, -0.05) is 93.8 Å². The lowest BCUT2D eigenvalue weighted by Gasteiger charge is -2.29. The molecule has 0 saturated heterocycles. The van der Waals surface area contributed by atoms with Crippen molar-refractivity contribution in [3.63, 3.8) is 0 Å². The van der Waals surface area contributed by atoms with E-state index < -0.39 is 11.4 Å². The number of carbonyl (C=O) groups excluding carboxylic acids is 1. The Morgan fingerprint density at radius 3 is 2.33 bits per heavy atom. The molecule has 226 valence electrons. The summed E-state index contributed by atoms with van der Waals surface area (Å²) in [4.78, 5) is 12.4. The molecular formula is C38H50O4. The van der Waals surface area contributed by atoms with Crippen molar-refractivity contribution >= 4 is 16.7 Å². The van der Waals surface area contributed by atoms with Crippen molar-refractivity contribution in [1.82, 2.24) is 0 Å². The van der Waals surface area contributed by atoms with Crippen LogP contribution < -0.4 is 0 Å². The third-order valence-corrected chi connectivity index (χ3v) is 9.05. The Labute approximate surface area is 253 Å². The van der Waals surface area contributed by atoms with E-state index in [4.69, 9.17) is 9.47 Å². The molecule has 3 aromatic carbocycles. The van der Waals surface area contributed by atoms with Gasteiger partial charge in [-0.3, -0.25) is 4.79 Å². The highest BCUT2D eigenvalue weighted by Gasteiger charge is 2.29. The highest BCUT2D eigenvalue weighted by molar-refractivity contribution is 5.88. The number of hydrogen-bond donors (Lipinski definition) is 1. The van der Waals surface area contributed by atoms with Gasteiger partial charge in [0.25, 0.3) is 0 Å². The molecule has 42 heavy (non-hydrogen) atoms. The second-order valence-corrected chi connectivity index (χ2v) is 12.9. The Hall–Kier alpha value is -3.11. The molecule has 1 saturated carbocycles. The summed E-state index contributed by atoms with van der Waals surface area (Å²) in [6.45, 7) is 9.67. The van der Waals surface area contributed by atoms with E-state index in [-0.39, 0.29) is 19.1 Å². The average Bonchev–Trinajstić information content (AvgIpc) is 3.02. The summed E-state index contributed by atoms with van der Waals surface area (Å²) in [5, 5.41) is 11.9. The van der Waals surface area contributed by atoms with Gasteiger partial charge in [-0.25, -0.2) is 0 Å². The van der Waals surface area contributed by atoms with Crippen molar-refractivity contribution in [2.45, 2.75) is 84.5 Å². The maximum atomic E-state index is 12.4. The van der Waals surface area contributed by atoms with Crippen molar-refractivity contribution in [2.24, 2.45) is 17.3 Å². The summed E-state index contributed by atoms with van der Waals surface area (Å²) in [5.41, 5.74) is 4.23. The van der Waals surface area contributed by atoms with Crippen molar-refractivity contribution in [2.75, 3.05) is 19.8 Å². The fraction of sp³-hybridized carbons (Fsp3) is 0.500. The SMILES string of the molecule is C=COCC(COC(=O)C(C)(C)CO)Cc1ccc2cc(-c3ccc(C4CCC(CCCCC)CC4)cc3)ccc2c1. The van der Waals surface area contributed by atoms with E-state index in [1.807, 2.05) is 0 Å². The lowest BCUT2D eigenvalue weighted by atomic mass is 9.77. The van der Waals surface area contributed by atoms with E-state index >= 15 is 0 Å². The summed E-state index contributed by atoms with van der Waals surface area (Å²) in [7, 11) is 0. The van der Waals surface area contributed by atoms with Crippen LogP contribution in [0.1, 0.15) is 89.2 Å². The van der Waals surface area contributed by atoms with Crippen LogP contribution in [0.4, 0.5) is 0 Å². The number of esters is 1. The zero-order chi connectivity index (χ0) is 30.0. The van der Waals surface area contributed by atoms with E-state index in [1.54, 1.807) is 13.8 Å². The Morgan fingerprint density at radius 1 is 0.952 bits per heavy atom. The largest absolute Gasteiger partial charge is 0.501 e. The molecule has 1 atom stereocenters. The highest BCUT2D eigenvalue weighted by atomic mass is 16.5. The Kier molecular flexibility index (Phi) is 11.7. The molecule has 0 heterocycles. The van der Waals surface area contributed by atoms with Crippen LogP contribution in [0.5, 0.6) is 0 Å². The number of hydrogen-bond acceptors (Lipinski definition) is 4. The first kappa shape index (κ1) is 31.8. The molecule has 4 nitrogen and oxygen atoms in total. The van der Waals surface area contributed by atoms with Gasteiger partial charge in [0.2, 0.25) is 0 Å². The second kappa shape index (κ2) is 15.4. The minimum absolute atomic E-state index is 0.0206. The normalized spacial score (nSPS) is 18.0. The lowest BCUT2D eigenvalue weighted by Crippen LogP contribution is -2.32. The number of aliphatic hydroxyl groups is 1. The van der Waals surface area contributed by atoms with Crippen molar-refractivity contribution in [3.8, 4) is 11.1 Å². The standard InChI is InChI=1S/C38H50O4/c1-5-7-8-9-28-10-13-31(14-11-28)32-16-18-33(19-17-32)35-21-20-34-23-29(12-15-36(34)24-35)22-30(25-41-6-2)26-42-37(40)38(3,4)27-39/h6,12,15-21,23-24,28,30-31,39H,2,5,7-11,13-14,22,25-27H2,1,3-4H3. The molecule has 0 radical (unpaired) electrons. The third kappa shape index (κ3) is 8.70. The van der Waals surface area contributed by atoms with Crippen LogP contribution in [-0.4, -0.2) is 30.9 Å². The maximum Gasteiger partial charge on any atom is 0.313 e. The monoisotopic (exact) mass is 570 g/mol. The number of fused-ring (bicyclic) bond motifs is 1. The van der Waals surface area contributed by atoms with Gasteiger partial charge < -0.3 is 14.6 Å². The van der Waals surface area contributed by atoms with E-state index in [9.17, 15) is 9.90 Å². The molecule has 3 aromatic rings. The van der Waals surface area contributed by atoms with Crippen LogP contribution in [0.2, 0.25) is 0 Å². The molecule has 1 fully saturated rings. The van der Waals surface area contributed by atoms with Gasteiger partial charge in [0.1, 0.15) is 0 Å². The molecule has 1 aliphatic carbocycles. The van der Waals surface area contributed by atoms with Crippen molar-refractivity contribution in [3.05, 3.63) is 84.6 Å². The molecule has 0 aliphatic heterocycles. The van der Waals surface area contributed by atoms with Crippen molar-refractivity contribution < 1.29 is 19.4 Å². The minimum Gasteiger partial charge on any atom is -0.501 e. The van der Waals surface area contributed by atoms with E-state index in [1.165, 1.54) is 85.1 Å². The first-order valence-electron chi connectivity index (χ1n) is 16.0. The lowest BCUT2D eigenvalue weighted by molar-refractivity contribution is -0.157. The van der Waals surface area contributed by atoms with Gasteiger partial charge in [-0.05, 0) is 96.9 Å². The van der Waals surface area contributed by atoms with Gasteiger partial charge >= 0.3 is 5.97 Å². The predicted molar refractivity (Wildman–Crippen MR) is 173 cm³/mol. The zero-order valence-electron chi connectivity index (χ0n) is 25.9. The highest BCUT2D eigenvalue weighted by Crippen LogP contribution is 2.38. The fourth-order valence-corrected chi connectivity index (χ4v) is 6.17. The van der Waals surface area contributed by atoms with Gasteiger partial charge in [-0.2, -0.15) is 0 Å². The molecule has 1 N–H and O–H groups in total. The summed E-state index contributed by atoms with van der Waals surface area (Å²) in [5.74, 6) is 1.23. The summed E-state index contributed by atoms with van der Waals surface area (Å²) >= 11 is 0. The van der Waals surface area contributed by atoms with Gasteiger partial charge in [0.15, 0.2) is 0 Å². The van der Waals surface area contributed by atoms with Gasteiger partial charge in [0.05, 0.1) is 31.5 Å². The molecule has 0 amide bonds. The first-order valence-corrected chi connectivity index (χ1v) is 16.0. The molecule has 0 bridgehead atoms. The smallest absolute Gasteiger partial charge is 0.313 e. The summed E-state index contributed by atoms with van der Waals surface area (Å²) in [6.07, 6.45) is 13.1.